The molecule has 0 rings (SSSR count). The highest BCUT2D eigenvalue weighted by atomic mass is 19.4. The summed E-state index contributed by atoms with van der Waals surface area (Å²) in [4.78, 5) is 0. The Kier molecular flexibility index (Phi) is 23.6. The lowest BCUT2D eigenvalue weighted by molar-refractivity contribution is -0.178. The molecule has 1 unspecified atom stereocenters. The van der Waals surface area contributed by atoms with Crippen LogP contribution < -0.4 is 0 Å². The van der Waals surface area contributed by atoms with Gasteiger partial charge in [0, 0.05) is 26.4 Å². The molecular formula is C27H53F3O2. The van der Waals surface area contributed by atoms with E-state index in [1.165, 1.54) is 51.4 Å². The van der Waals surface area contributed by atoms with Crippen molar-refractivity contribution in [3.05, 3.63) is 0 Å². The van der Waals surface area contributed by atoms with Crippen LogP contribution in [0, 0.1) is 5.92 Å². The molecule has 1 atom stereocenters. The van der Waals surface area contributed by atoms with Crippen molar-refractivity contribution in [2.45, 2.75) is 142 Å². The van der Waals surface area contributed by atoms with Crippen LogP contribution in [0.5, 0.6) is 0 Å². The molecule has 0 heterocycles. The molecule has 0 bridgehead atoms. The third-order valence-electron chi connectivity index (χ3n) is 6.24. The van der Waals surface area contributed by atoms with Gasteiger partial charge >= 0.3 is 6.18 Å². The first kappa shape index (κ1) is 31.7. The van der Waals surface area contributed by atoms with Crippen LogP contribution in [-0.4, -0.2) is 32.6 Å². The van der Waals surface area contributed by atoms with Crippen LogP contribution in [0.15, 0.2) is 0 Å². The number of alkyl halides is 3. The van der Waals surface area contributed by atoms with E-state index in [2.05, 4.69) is 6.92 Å². The molecule has 32 heavy (non-hydrogen) atoms. The summed E-state index contributed by atoms with van der Waals surface area (Å²) >= 11 is 0. The molecule has 0 aromatic carbocycles. The highest BCUT2D eigenvalue weighted by molar-refractivity contribution is 4.68. The molecule has 0 N–H and O–H groups in total. The van der Waals surface area contributed by atoms with Crippen LogP contribution >= 0.6 is 0 Å². The van der Waals surface area contributed by atoms with E-state index in [9.17, 15) is 13.2 Å². The van der Waals surface area contributed by atoms with Crippen LogP contribution in [0.2, 0.25) is 0 Å². The zero-order chi connectivity index (χ0) is 23.8. The van der Waals surface area contributed by atoms with E-state index in [0.29, 0.717) is 19.3 Å². The van der Waals surface area contributed by atoms with E-state index >= 15 is 0 Å². The summed E-state index contributed by atoms with van der Waals surface area (Å²) in [7, 11) is 0. The molecule has 0 radical (unpaired) electrons. The fraction of sp³-hybridized carbons (Fsp3) is 1.00. The minimum atomic E-state index is -4.03. The van der Waals surface area contributed by atoms with Crippen molar-refractivity contribution >= 4 is 0 Å². The summed E-state index contributed by atoms with van der Waals surface area (Å²) in [6.07, 6.45) is 14.9. The molecule has 0 aliphatic carbocycles. The first-order valence-electron chi connectivity index (χ1n) is 13.7. The van der Waals surface area contributed by atoms with Crippen molar-refractivity contribution in [1.82, 2.24) is 0 Å². The van der Waals surface area contributed by atoms with E-state index in [-0.39, 0.29) is 0 Å². The molecule has 0 aliphatic heterocycles. The van der Waals surface area contributed by atoms with Gasteiger partial charge in [-0.1, -0.05) is 96.8 Å². The molecule has 0 aromatic heterocycles. The number of hydrogen-bond acceptors (Lipinski definition) is 2. The van der Waals surface area contributed by atoms with Crippen LogP contribution in [0.1, 0.15) is 136 Å². The van der Waals surface area contributed by atoms with Gasteiger partial charge in [-0.3, -0.25) is 0 Å². The Balaban J connectivity index is 3.48. The summed E-state index contributed by atoms with van der Waals surface area (Å²) in [5.74, 6) is -1.10. The van der Waals surface area contributed by atoms with Gasteiger partial charge in [-0.15, -0.1) is 0 Å². The predicted octanol–water partition coefficient (Wildman–Crippen LogP) is 9.65. The van der Waals surface area contributed by atoms with Gasteiger partial charge in [0.25, 0.3) is 0 Å². The maximum absolute atomic E-state index is 13.3. The lowest BCUT2D eigenvalue weighted by Crippen LogP contribution is -2.22. The third kappa shape index (κ3) is 22.9. The largest absolute Gasteiger partial charge is 0.391 e. The third-order valence-corrected chi connectivity index (χ3v) is 6.24. The normalized spacial score (nSPS) is 13.0. The second-order valence-corrected chi connectivity index (χ2v) is 9.28. The number of rotatable bonds is 25. The van der Waals surface area contributed by atoms with Crippen molar-refractivity contribution in [1.29, 1.82) is 0 Å². The van der Waals surface area contributed by atoms with Gasteiger partial charge in [0.05, 0.1) is 5.92 Å². The van der Waals surface area contributed by atoms with E-state index < -0.39 is 12.1 Å². The van der Waals surface area contributed by atoms with Gasteiger partial charge in [-0.25, -0.2) is 0 Å². The molecule has 0 fully saturated rings. The Hall–Kier alpha value is -0.290. The molecule has 5 heteroatoms. The van der Waals surface area contributed by atoms with Gasteiger partial charge in [0.15, 0.2) is 0 Å². The molecule has 0 saturated carbocycles. The van der Waals surface area contributed by atoms with Gasteiger partial charge in [0.1, 0.15) is 0 Å². The van der Waals surface area contributed by atoms with Gasteiger partial charge in [-0.05, 0) is 39.0 Å². The van der Waals surface area contributed by atoms with Gasteiger partial charge in [-0.2, -0.15) is 13.2 Å². The molecule has 0 amide bonds. The topological polar surface area (TPSA) is 18.5 Å². The molecule has 0 saturated heterocycles. The molecule has 0 spiro atoms. The highest BCUT2D eigenvalue weighted by Gasteiger charge is 2.38. The Bertz CT molecular complexity index is 361. The first-order valence-corrected chi connectivity index (χ1v) is 13.7. The highest BCUT2D eigenvalue weighted by Crippen LogP contribution is 2.34. The monoisotopic (exact) mass is 466 g/mol. The standard InChI is InChI=1S/C27H53F3O2/c1-3-5-6-7-8-11-16-21-26(27(28,29)30)22-17-12-15-20-25-32-24-19-14-10-9-13-18-23-31-4-2/h26H,3-25H2,1-2H3. The Morgan fingerprint density at radius 3 is 1.28 bits per heavy atom. The van der Waals surface area contributed by atoms with E-state index in [1.54, 1.807) is 0 Å². The molecule has 0 aromatic rings. The average molecular weight is 467 g/mol. The van der Waals surface area contributed by atoms with Crippen molar-refractivity contribution in [3.63, 3.8) is 0 Å². The Morgan fingerprint density at radius 2 is 0.875 bits per heavy atom. The number of ether oxygens (including phenoxy) is 2. The number of halogens is 3. The lowest BCUT2D eigenvalue weighted by atomic mass is 9.94. The van der Waals surface area contributed by atoms with Gasteiger partial charge < -0.3 is 9.47 Å². The van der Waals surface area contributed by atoms with Crippen molar-refractivity contribution in [3.8, 4) is 0 Å². The number of hydrogen-bond donors (Lipinski definition) is 0. The molecule has 0 aliphatic rings. The minimum Gasteiger partial charge on any atom is -0.382 e. The molecule has 2 nitrogen and oxygen atoms in total. The fourth-order valence-electron chi connectivity index (χ4n) is 4.13. The Morgan fingerprint density at radius 1 is 0.500 bits per heavy atom. The van der Waals surface area contributed by atoms with E-state index in [4.69, 9.17) is 9.47 Å². The maximum atomic E-state index is 13.3. The van der Waals surface area contributed by atoms with E-state index in [0.717, 1.165) is 77.8 Å². The summed E-state index contributed by atoms with van der Waals surface area (Å²) in [5, 5.41) is 0. The summed E-state index contributed by atoms with van der Waals surface area (Å²) in [6, 6.07) is 0. The smallest absolute Gasteiger partial charge is 0.382 e. The van der Waals surface area contributed by atoms with Crippen molar-refractivity contribution < 1.29 is 22.6 Å². The van der Waals surface area contributed by atoms with Gasteiger partial charge in [0.2, 0.25) is 0 Å². The SMILES string of the molecule is CCCCCCCCCC(CCCCCCOCCCCCCCCOCC)C(F)(F)F. The summed E-state index contributed by atoms with van der Waals surface area (Å²) in [5.41, 5.74) is 0. The van der Waals surface area contributed by atoms with Crippen LogP contribution in [0.4, 0.5) is 13.2 Å². The fourth-order valence-corrected chi connectivity index (χ4v) is 4.13. The molecular weight excluding hydrogens is 413 g/mol. The Labute approximate surface area is 197 Å². The van der Waals surface area contributed by atoms with Crippen LogP contribution in [0.25, 0.3) is 0 Å². The zero-order valence-electron chi connectivity index (χ0n) is 21.3. The quantitative estimate of drug-likeness (QED) is 0.125. The summed E-state index contributed by atoms with van der Waals surface area (Å²) in [6.45, 7) is 7.46. The lowest BCUT2D eigenvalue weighted by Gasteiger charge is -2.20. The van der Waals surface area contributed by atoms with Crippen molar-refractivity contribution in [2.24, 2.45) is 5.92 Å². The minimum absolute atomic E-state index is 0.296. The molecule has 194 valence electrons. The predicted molar refractivity (Wildman–Crippen MR) is 130 cm³/mol. The average Bonchev–Trinajstić information content (AvgIpc) is 2.75. The second kappa shape index (κ2) is 23.9. The maximum Gasteiger partial charge on any atom is 0.391 e. The zero-order valence-corrected chi connectivity index (χ0v) is 21.3. The van der Waals surface area contributed by atoms with E-state index in [1.807, 2.05) is 6.92 Å². The van der Waals surface area contributed by atoms with Crippen LogP contribution in [0.3, 0.4) is 0 Å². The second-order valence-electron chi connectivity index (χ2n) is 9.28. The van der Waals surface area contributed by atoms with Crippen molar-refractivity contribution in [2.75, 3.05) is 26.4 Å². The van der Waals surface area contributed by atoms with Crippen LogP contribution in [-0.2, 0) is 9.47 Å². The summed E-state index contributed by atoms with van der Waals surface area (Å²) < 4.78 is 50.8. The number of unbranched alkanes of at least 4 members (excludes halogenated alkanes) is 14. The first-order chi connectivity index (χ1) is 15.5.